The zero-order valence-electron chi connectivity index (χ0n) is 10.9. The van der Waals surface area contributed by atoms with Crippen molar-refractivity contribution in [2.45, 2.75) is 45.6 Å². The second-order valence-electron chi connectivity index (χ2n) is 5.30. The van der Waals surface area contributed by atoms with Gasteiger partial charge in [-0.15, -0.1) is 0 Å². The highest BCUT2D eigenvalue weighted by molar-refractivity contribution is 9.10. The Morgan fingerprint density at radius 1 is 1.44 bits per heavy atom. The number of anilines is 1. The van der Waals surface area contributed by atoms with Gasteiger partial charge in [0.15, 0.2) is 0 Å². The van der Waals surface area contributed by atoms with E-state index in [4.69, 9.17) is 11.6 Å². The molecule has 0 aromatic carbocycles. The Hall–Kier alpha value is -0.350. The molecule has 1 aliphatic rings. The summed E-state index contributed by atoms with van der Waals surface area (Å²) < 4.78 is 0.930. The van der Waals surface area contributed by atoms with Crippen LogP contribution in [0.4, 0.5) is 5.82 Å². The molecule has 0 spiro atoms. The fraction of sp³-hybridized carbons (Fsp3) is 0.692. The van der Waals surface area contributed by atoms with E-state index in [1.165, 1.54) is 25.7 Å². The van der Waals surface area contributed by atoms with E-state index in [9.17, 15) is 0 Å². The fourth-order valence-electron chi connectivity index (χ4n) is 2.56. The molecule has 0 saturated heterocycles. The SMILES string of the molecule is CC(C)CN(c1nc(Cl)ncc1Br)C1CCCC1. The van der Waals surface area contributed by atoms with E-state index in [0.29, 0.717) is 17.2 Å². The molecule has 1 aromatic heterocycles. The van der Waals surface area contributed by atoms with Gasteiger partial charge < -0.3 is 4.90 Å². The minimum absolute atomic E-state index is 0.319. The molecule has 1 fully saturated rings. The Bertz CT molecular complexity index is 405. The summed E-state index contributed by atoms with van der Waals surface area (Å²) in [7, 11) is 0. The minimum atomic E-state index is 0.319. The largest absolute Gasteiger partial charge is 0.352 e. The highest BCUT2D eigenvalue weighted by Crippen LogP contribution is 2.32. The van der Waals surface area contributed by atoms with Gasteiger partial charge in [-0.3, -0.25) is 0 Å². The molecular weight excluding hydrogens is 314 g/mol. The fourth-order valence-corrected chi connectivity index (χ4v) is 3.10. The van der Waals surface area contributed by atoms with Crippen molar-refractivity contribution >= 4 is 33.3 Å². The van der Waals surface area contributed by atoms with Crippen LogP contribution in [-0.2, 0) is 0 Å². The van der Waals surface area contributed by atoms with Crippen LogP contribution in [-0.4, -0.2) is 22.6 Å². The van der Waals surface area contributed by atoms with E-state index in [0.717, 1.165) is 16.8 Å². The van der Waals surface area contributed by atoms with Crippen molar-refractivity contribution in [3.05, 3.63) is 16.0 Å². The van der Waals surface area contributed by atoms with Crippen molar-refractivity contribution in [2.24, 2.45) is 5.92 Å². The molecule has 0 amide bonds. The molecular formula is C13H19BrClN3. The van der Waals surface area contributed by atoms with Gasteiger partial charge in [0.05, 0.1) is 4.47 Å². The van der Waals surface area contributed by atoms with Crippen molar-refractivity contribution in [3.8, 4) is 0 Å². The lowest BCUT2D eigenvalue weighted by atomic mass is 10.1. The van der Waals surface area contributed by atoms with Gasteiger partial charge in [0.1, 0.15) is 5.82 Å². The zero-order chi connectivity index (χ0) is 13.1. The summed E-state index contributed by atoms with van der Waals surface area (Å²) in [4.78, 5) is 10.8. The van der Waals surface area contributed by atoms with Crippen LogP contribution in [0, 0.1) is 5.92 Å². The smallest absolute Gasteiger partial charge is 0.224 e. The van der Waals surface area contributed by atoms with Crippen LogP contribution in [0.15, 0.2) is 10.7 Å². The number of rotatable bonds is 4. The first-order chi connectivity index (χ1) is 8.58. The molecule has 18 heavy (non-hydrogen) atoms. The van der Waals surface area contributed by atoms with Gasteiger partial charge in [0, 0.05) is 18.8 Å². The topological polar surface area (TPSA) is 29.0 Å². The second-order valence-corrected chi connectivity index (χ2v) is 6.49. The molecule has 2 rings (SSSR count). The summed E-state index contributed by atoms with van der Waals surface area (Å²) in [6.07, 6.45) is 6.87. The summed E-state index contributed by atoms with van der Waals surface area (Å²) >= 11 is 9.48. The number of nitrogens with zero attached hydrogens (tertiary/aromatic N) is 3. The Kier molecular flexibility index (Phi) is 4.84. The van der Waals surface area contributed by atoms with Crippen LogP contribution in [0.1, 0.15) is 39.5 Å². The van der Waals surface area contributed by atoms with Crippen molar-refractivity contribution in [1.29, 1.82) is 0 Å². The van der Waals surface area contributed by atoms with Crippen LogP contribution < -0.4 is 4.90 Å². The monoisotopic (exact) mass is 331 g/mol. The normalized spacial score (nSPS) is 16.5. The number of halogens is 2. The summed E-state index contributed by atoms with van der Waals surface area (Å²) in [5.41, 5.74) is 0. The van der Waals surface area contributed by atoms with E-state index in [2.05, 4.69) is 44.6 Å². The first kappa shape index (κ1) is 14.1. The quantitative estimate of drug-likeness (QED) is 0.770. The van der Waals surface area contributed by atoms with Gasteiger partial charge in [-0.25, -0.2) is 4.98 Å². The standard InChI is InChI=1S/C13H19BrClN3/c1-9(2)8-18(10-5-3-4-6-10)12-11(14)7-16-13(15)17-12/h7,9-10H,3-6,8H2,1-2H3. The van der Waals surface area contributed by atoms with Gasteiger partial charge in [-0.05, 0) is 46.3 Å². The molecule has 0 atom stereocenters. The maximum atomic E-state index is 5.93. The van der Waals surface area contributed by atoms with E-state index in [1.54, 1.807) is 6.20 Å². The highest BCUT2D eigenvalue weighted by atomic mass is 79.9. The lowest BCUT2D eigenvalue weighted by molar-refractivity contribution is 0.530. The van der Waals surface area contributed by atoms with Crippen molar-refractivity contribution in [1.82, 2.24) is 9.97 Å². The summed E-state index contributed by atoms with van der Waals surface area (Å²) in [6.45, 7) is 5.48. The van der Waals surface area contributed by atoms with E-state index in [1.807, 2.05) is 0 Å². The Morgan fingerprint density at radius 2 is 2.11 bits per heavy atom. The lowest BCUT2D eigenvalue weighted by Gasteiger charge is -2.32. The third kappa shape index (κ3) is 3.35. The van der Waals surface area contributed by atoms with E-state index in [-0.39, 0.29) is 0 Å². The molecule has 1 aromatic rings. The average molecular weight is 333 g/mol. The molecule has 0 radical (unpaired) electrons. The van der Waals surface area contributed by atoms with Crippen LogP contribution in [0.5, 0.6) is 0 Å². The molecule has 5 heteroatoms. The maximum absolute atomic E-state index is 5.93. The lowest BCUT2D eigenvalue weighted by Crippen LogP contribution is -2.37. The molecule has 0 N–H and O–H groups in total. The summed E-state index contributed by atoms with van der Waals surface area (Å²) in [5, 5.41) is 0.319. The molecule has 1 aliphatic carbocycles. The van der Waals surface area contributed by atoms with Crippen LogP contribution >= 0.6 is 27.5 Å². The van der Waals surface area contributed by atoms with E-state index < -0.39 is 0 Å². The average Bonchev–Trinajstić information content (AvgIpc) is 2.82. The van der Waals surface area contributed by atoms with E-state index >= 15 is 0 Å². The molecule has 0 unspecified atom stereocenters. The first-order valence-electron chi connectivity index (χ1n) is 6.52. The molecule has 100 valence electrons. The Labute approximate surface area is 122 Å². The van der Waals surface area contributed by atoms with Crippen molar-refractivity contribution < 1.29 is 0 Å². The molecule has 1 heterocycles. The van der Waals surface area contributed by atoms with Gasteiger partial charge in [0.2, 0.25) is 5.28 Å². The third-order valence-corrected chi connectivity index (χ3v) is 4.04. The predicted molar refractivity (Wildman–Crippen MR) is 79.2 cm³/mol. The summed E-state index contributed by atoms with van der Waals surface area (Å²) in [6, 6.07) is 0.592. The predicted octanol–water partition coefficient (Wildman–Crippen LogP) is 4.30. The number of hydrogen-bond acceptors (Lipinski definition) is 3. The maximum Gasteiger partial charge on any atom is 0.224 e. The highest BCUT2D eigenvalue weighted by Gasteiger charge is 2.26. The third-order valence-electron chi connectivity index (χ3n) is 3.30. The molecule has 3 nitrogen and oxygen atoms in total. The van der Waals surface area contributed by atoms with Crippen molar-refractivity contribution in [2.75, 3.05) is 11.4 Å². The summed E-state index contributed by atoms with van der Waals surface area (Å²) in [5.74, 6) is 1.54. The Morgan fingerprint density at radius 3 is 2.72 bits per heavy atom. The van der Waals surface area contributed by atoms with Gasteiger partial charge in [-0.2, -0.15) is 4.98 Å². The number of aromatic nitrogens is 2. The van der Waals surface area contributed by atoms with Gasteiger partial charge in [0.25, 0.3) is 0 Å². The Balaban J connectivity index is 2.29. The number of hydrogen-bond donors (Lipinski definition) is 0. The second kappa shape index (κ2) is 6.20. The van der Waals surface area contributed by atoms with Gasteiger partial charge in [-0.1, -0.05) is 26.7 Å². The molecule has 0 bridgehead atoms. The van der Waals surface area contributed by atoms with Gasteiger partial charge >= 0.3 is 0 Å². The van der Waals surface area contributed by atoms with Crippen LogP contribution in [0.3, 0.4) is 0 Å². The van der Waals surface area contributed by atoms with Crippen molar-refractivity contribution in [3.63, 3.8) is 0 Å². The minimum Gasteiger partial charge on any atom is -0.352 e. The molecule has 0 aliphatic heterocycles. The van der Waals surface area contributed by atoms with Crippen LogP contribution in [0.25, 0.3) is 0 Å². The van der Waals surface area contributed by atoms with Crippen LogP contribution in [0.2, 0.25) is 5.28 Å². The molecule has 1 saturated carbocycles. The first-order valence-corrected chi connectivity index (χ1v) is 7.69. The zero-order valence-corrected chi connectivity index (χ0v) is 13.2.